The third-order valence-corrected chi connectivity index (χ3v) is 3.27. The number of carbonyl (C=O) groups is 1. The number of ether oxygens (including phenoxy) is 1. The van der Waals surface area contributed by atoms with E-state index in [2.05, 4.69) is 6.92 Å². The number of rotatable bonds is 7. The van der Waals surface area contributed by atoms with E-state index in [1.165, 1.54) is 0 Å². The fourth-order valence-corrected chi connectivity index (χ4v) is 1.81. The second-order valence-electron chi connectivity index (χ2n) is 4.22. The number of unbranched alkanes of at least 4 members (excludes halogenated alkanes) is 1. The van der Waals surface area contributed by atoms with Gasteiger partial charge < -0.3 is 4.74 Å². The second-order valence-corrected chi connectivity index (χ2v) is 5.79. The van der Waals surface area contributed by atoms with Crippen molar-refractivity contribution < 1.29 is 22.5 Å². The van der Waals surface area contributed by atoms with Crippen LogP contribution in [0.2, 0.25) is 0 Å². The highest BCUT2D eigenvalue weighted by Gasteiger charge is 2.10. The lowest BCUT2D eigenvalue weighted by atomic mass is 10.1. The highest BCUT2D eigenvalue weighted by Crippen LogP contribution is 2.09. The fourth-order valence-electron chi connectivity index (χ4n) is 1.51. The molecular formula is C13H18O5S. The summed E-state index contributed by atoms with van der Waals surface area (Å²) in [6.07, 6.45) is 3.17. The van der Waals surface area contributed by atoms with Gasteiger partial charge in [-0.2, -0.15) is 8.42 Å². The molecule has 0 spiro atoms. The molecule has 0 radical (unpaired) electrons. The lowest BCUT2D eigenvalue weighted by Crippen LogP contribution is -2.14. The van der Waals surface area contributed by atoms with Crippen LogP contribution in [-0.2, 0) is 21.3 Å². The number of hydrogen-bond acceptors (Lipinski definition) is 4. The van der Waals surface area contributed by atoms with Gasteiger partial charge in [0, 0.05) is 0 Å². The van der Waals surface area contributed by atoms with Crippen LogP contribution in [0, 0.1) is 0 Å². The van der Waals surface area contributed by atoms with Crippen molar-refractivity contribution in [3.05, 3.63) is 35.4 Å². The predicted octanol–water partition coefficient (Wildman–Crippen LogP) is 2.07. The first kappa shape index (κ1) is 15.7. The molecule has 0 unspecified atom stereocenters. The Labute approximate surface area is 113 Å². The summed E-state index contributed by atoms with van der Waals surface area (Å²) in [5.41, 5.74) is 1.52. The van der Waals surface area contributed by atoms with E-state index >= 15 is 0 Å². The molecule has 0 bridgehead atoms. The van der Waals surface area contributed by atoms with Gasteiger partial charge in [0.25, 0.3) is 10.1 Å². The van der Waals surface area contributed by atoms with Crippen molar-refractivity contribution in [1.29, 1.82) is 0 Å². The SMILES string of the molecule is CCCCc1ccc(C(=O)OCCS(=O)(=O)O)cc1. The van der Waals surface area contributed by atoms with Crippen molar-refractivity contribution in [3.8, 4) is 0 Å². The van der Waals surface area contributed by atoms with Crippen molar-refractivity contribution in [2.24, 2.45) is 0 Å². The number of aryl methyl sites for hydroxylation is 1. The van der Waals surface area contributed by atoms with Crippen LogP contribution in [0.5, 0.6) is 0 Å². The van der Waals surface area contributed by atoms with Gasteiger partial charge >= 0.3 is 5.97 Å². The third-order valence-electron chi connectivity index (χ3n) is 2.58. The summed E-state index contributed by atoms with van der Waals surface area (Å²) in [7, 11) is -4.10. The lowest BCUT2D eigenvalue weighted by Gasteiger charge is -2.05. The Kier molecular flexibility index (Phi) is 5.98. The van der Waals surface area contributed by atoms with Gasteiger partial charge in [0.05, 0.1) is 5.56 Å². The van der Waals surface area contributed by atoms with Crippen LogP contribution in [0.3, 0.4) is 0 Å². The lowest BCUT2D eigenvalue weighted by molar-refractivity contribution is 0.0528. The molecule has 0 amide bonds. The maximum Gasteiger partial charge on any atom is 0.338 e. The average molecular weight is 286 g/mol. The van der Waals surface area contributed by atoms with Gasteiger partial charge in [-0.05, 0) is 30.5 Å². The summed E-state index contributed by atoms with van der Waals surface area (Å²) in [5, 5.41) is 0. The molecule has 0 aromatic heterocycles. The van der Waals surface area contributed by atoms with Gasteiger partial charge in [-0.25, -0.2) is 4.79 Å². The molecule has 0 saturated carbocycles. The Morgan fingerprint density at radius 3 is 2.42 bits per heavy atom. The molecule has 5 nitrogen and oxygen atoms in total. The standard InChI is InChI=1S/C13H18O5S/c1-2-3-4-11-5-7-12(8-6-11)13(14)18-9-10-19(15,16)17/h5-8H,2-4,9-10H2,1H3,(H,15,16,17). The zero-order valence-electron chi connectivity index (χ0n) is 10.8. The molecule has 0 atom stereocenters. The smallest absolute Gasteiger partial charge is 0.338 e. The summed E-state index contributed by atoms with van der Waals surface area (Å²) < 4.78 is 34.2. The van der Waals surface area contributed by atoms with E-state index < -0.39 is 21.8 Å². The van der Waals surface area contributed by atoms with Crippen molar-refractivity contribution in [2.45, 2.75) is 26.2 Å². The van der Waals surface area contributed by atoms with E-state index in [-0.39, 0.29) is 6.61 Å². The van der Waals surface area contributed by atoms with E-state index in [0.29, 0.717) is 5.56 Å². The largest absolute Gasteiger partial charge is 0.461 e. The van der Waals surface area contributed by atoms with Crippen LogP contribution >= 0.6 is 0 Å². The maximum atomic E-state index is 11.6. The molecule has 0 heterocycles. The van der Waals surface area contributed by atoms with Crippen molar-refractivity contribution >= 4 is 16.1 Å². The number of benzene rings is 1. The van der Waals surface area contributed by atoms with Crippen LogP contribution in [0.25, 0.3) is 0 Å². The Morgan fingerprint density at radius 1 is 1.26 bits per heavy atom. The molecule has 0 saturated heterocycles. The van der Waals surface area contributed by atoms with E-state index in [4.69, 9.17) is 9.29 Å². The molecule has 6 heteroatoms. The van der Waals surface area contributed by atoms with Crippen molar-refractivity contribution in [1.82, 2.24) is 0 Å². The zero-order valence-corrected chi connectivity index (χ0v) is 11.6. The first-order valence-corrected chi connectivity index (χ1v) is 7.74. The summed E-state index contributed by atoms with van der Waals surface area (Å²) in [5.74, 6) is -1.18. The molecule has 19 heavy (non-hydrogen) atoms. The highest BCUT2D eigenvalue weighted by molar-refractivity contribution is 7.85. The van der Waals surface area contributed by atoms with Crippen molar-refractivity contribution in [3.63, 3.8) is 0 Å². The van der Waals surface area contributed by atoms with Crippen LogP contribution in [-0.4, -0.2) is 31.3 Å². The molecule has 0 aliphatic rings. The average Bonchev–Trinajstić information content (AvgIpc) is 2.35. The molecule has 1 rings (SSSR count). The molecule has 1 aromatic carbocycles. The zero-order chi connectivity index (χ0) is 14.3. The fraction of sp³-hybridized carbons (Fsp3) is 0.462. The molecule has 1 N–H and O–H groups in total. The van der Waals surface area contributed by atoms with E-state index in [1.807, 2.05) is 12.1 Å². The van der Waals surface area contributed by atoms with Gasteiger partial charge in [-0.15, -0.1) is 0 Å². The molecule has 0 aliphatic heterocycles. The van der Waals surface area contributed by atoms with Crippen LogP contribution < -0.4 is 0 Å². The molecule has 0 aliphatic carbocycles. The quantitative estimate of drug-likeness (QED) is 0.613. The normalized spacial score (nSPS) is 11.3. The highest BCUT2D eigenvalue weighted by atomic mass is 32.2. The number of esters is 1. The third kappa shape index (κ3) is 6.35. The minimum atomic E-state index is -4.10. The van der Waals surface area contributed by atoms with Gasteiger partial charge in [0.2, 0.25) is 0 Å². The Morgan fingerprint density at radius 2 is 1.89 bits per heavy atom. The van der Waals surface area contributed by atoms with E-state index in [0.717, 1.165) is 24.8 Å². The predicted molar refractivity (Wildman–Crippen MR) is 71.8 cm³/mol. The summed E-state index contributed by atoms with van der Waals surface area (Å²) >= 11 is 0. The molecule has 0 fully saturated rings. The van der Waals surface area contributed by atoms with E-state index in [1.54, 1.807) is 12.1 Å². The molecular weight excluding hydrogens is 268 g/mol. The van der Waals surface area contributed by atoms with Crippen LogP contribution in [0.1, 0.15) is 35.7 Å². The topological polar surface area (TPSA) is 80.7 Å². The van der Waals surface area contributed by atoms with Crippen molar-refractivity contribution in [2.75, 3.05) is 12.4 Å². The number of hydrogen-bond donors (Lipinski definition) is 1. The van der Waals surface area contributed by atoms with Gasteiger partial charge in [-0.1, -0.05) is 25.5 Å². The monoisotopic (exact) mass is 286 g/mol. The first-order chi connectivity index (χ1) is 8.92. The maximum absolute atomic E-state index is 11.6. The van der Waals surface area contributed by atoms with Gasteiger partial charge in [0.1, 0.15) is 12.4 Å². The minimum Gasteiger partial charge on any atom is -0.461 e. The molecule has 1 aromatic rings. The van der Waals surface area contributed by atoms with Crippen LogP contribution in [0.15, 0.2) is 24.3 Å². The van der Waals surface area contributed by atoms with E-state index in [9.17, 15) is 13.2 Å². The van der Waals surface area contributed by atoms with Gasteiger partial charge in [-0.3, -0.25) is 4.55 Å². The van der Waals surface area contributed by atoms with Gasteiger partial charge in [0.15, 0.2) is 0 Å². The summed E-state index contributed by atoms with van der Waals surface area (Å²) in [6.45, 7) is 1.76. The van der Waals surface area contributed by atoms with Crippen LogP contribution in [0.4, 0.5) is 0 Å². The summed E-state index contributed by atoms with van der Waals surface area (Å²) in [4.78, 5) is 11.6. The Hall–Kier alpha value is -1.40. The Bertz CT molecular complexity index is 504. The second kappa shape index (κ2) is 7.25. The molecule has 106 valence electrons. The Balaban J connectivity index is 2.49. The number of carbonyl (C=O) groups excluding carboxylic acids is 1. The first-order valence-electron chi connectivity index (χ1n) is 6.13. The summed E-state index contributed by atoms with van der Waals surface area (Å²) in [6, 6.07) is 7.02. The minimum absolute atomic E-state index is 0.352.